The number of ether oxygens (including phenoxy) is 1. The number of aliphatic imine (C=N–C) groups is 1. The molecule has 1 fully saturated rings. The highest BCUT2D eigenvalue weighted by Gasteiger charge is 2.27. The van der Waals surface area contributed by atoms with E-state index in [0.717, 1.165) is 50.4 Å². The molecule has 166 valence electrons. The van der Waals surface area contributed by atoms with E-state index in [1.165, 1.54) is 9.71 Å². The molecule has 2 aromatic rings. The molecule has 1 aliphatic rings. The fourth-order valence-electron chi connectivity index (χ4n) is 3.34. The number of aryl methyl sites for hydroxylation is 1. The number of aromatic nitrogens is 1. The summed E-state index contributed by atoms with van der Waals surface area (Å²) in [5.41, 5.74) is 0.598. The molecule has 30 heavy (non-hydrogen) atoms. The first kappa shape index (κ1) is 24.6. The quantitative estimate of drug-likeness (QED) is 0.257. The number of carbonyl (C=O) groups is 1. The summed E-state index contributed by atoms with van der Waals surface area (Å²) >= 11 is 1.77. The summed E-state index contributed by atoms with van der Waals surface area (Å²) in [6.07, 6.45) is 2.47. The van der Waals surface area contributed by atoms with Gasteiger partial charge in [0.2, 0.25) is 0 Å². The van der Waals surface area contributed by atoms with Crippen molar-refractivity contribution in [3.8, 4) is 0 Å². The first-order chi connectivity index (χ1) is 13.8. The summed E-state index contributed by atoms with van der Waals surface area (Å²) in [4.78, 5) is 23.2. The first-order valence-electron chi connectivity index (χ1n) is 10.1. The maximum Gasteiger partial charge on any atom is 0.407 e. The molecule has 1 aliphatic heterocycles. The molecule has 0 spiro atoms. The summed E-state index contributed by atoms with van der Waals surface area (Å²) in [6, 6.07) is 8.33. The Morgan fingerprint density at radius 3 is 2.83 bits per heavy atom. The van der Waals surface area contributed by atoms with Crippen LogP contribution in [0.25, 0.3) is 10.2 Å². The Labute approximate surface area is 199 Å². The standard InChI is InChI=1S/C21H31N5O2S.HI/c1-21(2,3)28-20(27)24-15-11-13-26(14-15)19(22-4)23-12-7-10-18-25-16-8-5-6-9-17(16)29-18;/h5-6,8-9,15H,7,10-14H2,1-4H3,(H,22,23)(H,24,27);1H. The Balaban J connectivity index is 0.00000320. The molecule has 9 heteroatoms. The SMILES string of the molecule is CN=C(NCCCc1nc2ccccc2s1)N1CCC(NC(=O)OC(C)(C)C)C1.I. The fourth-order valence-corrected chi connectivity index (χ4v) is 4.35. The van der Waals surface area contributed by atoms with E-state index in [1.807, 2.05) is 26.8 Å². The lowest BCUT2D eigenvalue weighted by atomic mass is 10.2. The minimum atomic E-state index is -0.483. The van der Waals surface area contributed by atoms with E-state index in [-0.39, 0.29) is 36.1 Å². The van der Waals surface area contributed by atoms with Crippen LogP contribution >= 0.6 is 35.3 Å². The van der Waals surface area contributed by atoms with Crippen molar-refractivity contribution in [2.45, 2.75) is 51.7 Å². The number of hydrogen-bond acceptors (Lipinski definition) is 5. The van der Waals surface area contributed by atoms with Crippen LogP contribution in [0.3, 0.4) is 0 Å². The molecule has 0 radical (unpaired) electrons. The normalized spacial score (nSPS) is 17.0. The van der Waals surface area contributed by atoms with Crippen LogP contribution in [0.1, 0.15) is 38.6 Å². The van der Waals surface area contributed by atoms with Crippen molar-refractivity contribution in [3.63, 3.8) is 0 Å². The van der Waals surface area contributed by atoms with Gasteiger partial charge in [-0.15, -0.1) is 35.3 Å². The lowest BCUT2D eigenvalue weighted by Gasteiger charge is -2.23. The molecule has 3 rings (SSSR count). The molecule has 2 heterocycles. The summed E-state index contributed by atoms with van der Waals surface area (Å²) in [5, 5.41) is 7.56. The van der Waals surface area contributed by atoms with Crippen molar-refractivity contribution in [1.29, 1.82) is 0 Å². The van der Waals surface area contributed by atoms with E-state index in [4.69, 9.17) is 4.74 Å². The summed E-state index contributed by atoms with van der Waals surface area (Å²) in [7, 11) is 1.80. The summed E-state index contributed by atoms with van der Waals surface area (Å²) < 4.78 is 6.59. The summed E-state index contributed by atoms with van der Waals surface area (Å²) in [6.45, 7) is 8.03. The average Bonchev–Trinajstić information content (AvgIpc) is 3.26. The molecule has 0 saturated carbocycles. The maximum atomic E-state index is 12.0. The fraction of sp³-hybridized carbons (Fsp3) is 0.571. The van der Waals surface area contributed by atoms with E-state index in [2.05, 4.69) is 43.7 Å². The van der Waals surface area contributed by atoms with Gasteiger partial charge in [0.25, 0.3) is 0 Å². The lowest BCUT2D eigenvalue weighted by molar-refractivity contribution is 0.0507. The number of amides is 1. The van der Waals surface area contributed by atoms with Crippen LogP contribution in [0, 0.1) is 0 Å². The first-order valence-corrected chi connectivity index (χ1v) is 11.0. The third-order valence-corrected chi connectivity index (χ3v) is 5.71. The van der Waals surface area contributed by atoms with Gasteiger partial charge < -0.3 is 20.3 Å². The monoisotopic (exact) mass is 545 g/mol. The van der Waals surface area contributed by atoms with Crippen molar-refractivity contribution < 1.29 is 9.53 Å². The number of thiazole rings is 1. The second-order valence-corrected chi connectivity index (χ2v) is 9.35. The van der Waals surface area contributed by atoms with Crippen molar-refractivity contribution in [2.75, 3.05) is 26.7 Å². The number of benzene rings is 1. The highest BCUT2D eigenvalue weighted by molar-refractivity contribution is 14.0. The highest BCUT2D eigenvalue weighted by Crippen LogP contribution is 2.22. The second kappa shape index (κ2) is 11.1. The van der Waals surface area contributed by atoms with Gasteiger partial charge in [0, 0.05) is 33.1 Å². The Kier molecular flexibility index (Phi) is 9.14. The lowest BCUT2D eigenvalue weighted by Crippen LogP contribution is -2.44. The van der Waals surface area contributed by atoms with E-state index in [1.54, 1.807) is 18.4 Å². The summed E-state index contributed by atoms with van der Waals surface area (Å²) in [5.74, 6) is 0.878. The zero-order chi connectivity index (χ0) is 20.9. The van der Waals surface area contributed by atoms with Crippen LogP contribution in [0.4, 0.5) is 4.79 Å². The predicted octanol–water partition coefficient (Wildman–Crippen LogP) is 4.02. The van der Waals surface area contributed by atoms with Crippen LogP contribution in [-0.4, -0.2) is 60.3 Å². The van der Waals surface area contributed by atoms with E-state index < -0.39 is 5.60 Å². The zero-order valence-electron chi connectivity index (χ0n) is 18.1. The van der Waals surface area contributed by atoms with E-state index in [0.29, 0.717) is 0 Å². The highest BCUT2D eigenvalue weighted by atomic mass is 127. The Morgan fingerprint density at radius 2 is 2.13 bits per heavy atom. The van der Waals surface area contributed by atoms with Gasteiger partial charge in [-0.2, -0.15) is 0 Å². The Morgan fingerprint density at radius 1 is 1.37 bits per heavy atom. The van der Waals surface area contributed by atoms with Gasteiger partial charge in [0.15, 0.2) is 5.96 Å². The molecule has 1 aromatic carbocycles. The predicted molar refractivity (Wildman–Crippen MR) is 134 cm³/mol. The number of likely N-dealkylation sites (tertiary alicyclic amines) is 1. The van der Waals surface area contributed by atoms with Crippen LogP contribution in [0.5, 0.6) is 0 Å². The van der Waals surface area contributed by atoms with Crippen LogP contribution in [0.2, 0.25) is 0 Å². The van der Waals surface area contributed by atoms with Gasteiger partial charge in [-0.25, -0.2) is 9.78 Å². The van der Waals surface area contributed by atoms with E-state index in [9.17, 15) is 4.79 Å². The van der Waals surface area contributed by atoms with Gasteiger partial charge in [0.05, 0.1) is 21.3 Å². The molecular weight excluding hydrogens is 513 g/mol. The number of rotatable bonds is 5. The second-order valence-electron chi connectivity index (χ2n) is 8.23. The number of nitrogens with zero attached hydrogens (tertiary/aromatic N) is 3. The zero-order valence-corrected chi connectivity index (χ0v) is 21.3. The number of hydrogen-bond donors (Lipinski definition) is 2. The van der Waals surface area contributed by atoms with Gasteiger partial charge in [0.1, 0.15) is 5.60 Å². The topological polar surface area (TPSA) is 78.9 Å². The average molecular weight is 545 g/mol. The molecule has 1 amide bonds. The van der Waals surface area contributed by atoms with Crippen molar-refractivity contribution in [2.24, 2.45) is 4.99 Å². The molecule has 0 bridgehead atoms. The largest absolute Gasteiger partial charge is 0.444 e. The van der Waals surface area contributed by atoms with Crippen molar-refractivity contribution in [1.82, 2.24) is 20.5 Å². The van der Waals surface area contributed by atoms with Gasteiger partial charge in [-0.1, -0.05) is 12.1 Å². The molecule has 7 nitrogen and oxygen atoms in total. The smallest absolute Gasteiger partial charge is 0.407 e. The number of guanidine groups is 1. The van der Waals surface area contributed by atoms with E-state index >= 15 is 0 Å². The Bertz CT molecular complexity index is 831. The van der Waals surface area contributed by atoms with Gasteiger partial charge >= 0.3 is 6.09 Å². The third-order valence-electron chi connectivity index (χ3n) is 4.61. The molecule has 0 aliphatic carbocycles. The third kappa shape index (κ3) is 7.26. The number of halogens is 1. The molecule has 1 aromatic heterocycles. The van der Waals surface area contributed by atoms with Crippen molar-refractivity contribution in [3.05, 3.63) is 29.3 Å². The number of para-hydroxylation sites is 1. The van der Waals surface area contributed by atoms with Crippen LogP contribution in [0.15, 0.2) is 29.3 Å². The number of nitrogens with one attached hydrogen (secondary N) is 2. The van der Waals surface area contributed by atoms with Crippen LogP contribution in [-0.2, 0) is 11.2 Å². The van der Waals surface area contributed by atoms with Gasteiger partial charge in [-0.3, -0.25) is 4.99 Å². The van der Waals surface area contributed by atoms with Crippen LogP contribution < -0.4 is 10.6 Å². The molecular formula is C21H32IN5O2S. The molecule has 1 atom stereocenters. The molecule has 1 saturated heterocycles. The van der Waals surface area contributed by atoms with Crippen molar-refractivity contribution >= 4 is 57.6 Å². The minimum absolute atomic E-state index is 0. The number of carbonyl (C=O) groups excluding carboxylic acids is 1. The molecule has 1 unspecified atom stereocenters. The number of fused-ring (bicyclic) bond motifs is 1. The minimum Gasteiger partial charge on any atom is -0.444 e. The maximum absolute atomic E-state index is 12.0. The van der Waals surface area contributed by atoms with Gasteiger partial charge in [-0.05, 0) is 45.7 Å². The number of alkyl carbamates (subject to hydrolysis) is 1. The molecule has 2 N–H and O–H groups in total. The Hall–Kier alpha value is -1.62.